The number of hydrogen-bond donors (Lipinski definition) is 1. The molecule has 2 heterocycles. The Morgan fingerprint density at radius 3 is 2.72 bits per heavy atom. The van der Waals surface area contributed by atoms with Crippen LogP contribution in [0.3, 0.4) is 0 Å². The number of H-pyrrole nitrogens is 1. The standard InChI is InChI=1S/C24H22ClN5O2/c1-2-29(14-21-27-20-12-16(25)10-11-18(20)23(31)28-21)24(32)19-13-26-30(22(19)15-8-9-15)17-6-4-3-5-7-17/h3-7,10-13,15H,2,8-9,14H2,1H3,(H,27,28,31). The fourth-order valence-electron chi connectivity index (χ4n) is 3.96. The second-order valence-electron chi connectivity index (χ2n) is 7.96. The fourth-order valence-corrected chi connectivity index (χ4v) is 4.13. The first-order valence-electron chi connectivity index (χ1n) is 10.7. The Morgan fingerprint density at radius 1 is 1.22 bits per heavy atom. The summed E-state index contributed by atoms with van der Waals surface area (Å²) in [6, 6.07) is 14.8. The minimum Gasteiger partial charge on any atom is -0.331 e. The van der Waals surface area contributed by atoms with Gasteiger partial charge in [-0.2, -0.15) is 5.10 Å². The third kappa shape index (κ3) is 3.80. The van der Waals surface area contributed by atoms with E-state index in [2.05, 4.69) is 15.1 Å². The molecule has 0 atom stereocenters. The first-order chi connectivity index (χ1) is 15.5. The highest BCUT2D eigenvalue weighted by Crippen LogP contribution is 2.42. The summed E-state index contributed by atoms with van der Waals surface area (Å²) in [6.45, 7) is 2.57. The summed E-state index contributed by atoms with van der Waals surface area (Å²) < 4.78 is 1.87. The number of hydrogen-bond acceptors (Lipinski definition) is 4. The van der Waals surface area contributed by atoms with Gasteiger partial charge in [0.25, 0.3) is 11.5 Å². The van der Waals surface area contributed by atoms with E-state index in [0.717, 1.165) is 24.2 Å². The minimum absolute atomic E-state index is 0.120. The quantitative estimate of drug-likeness (QED) is 0.477. The molecule has 4 aromatic rings. The third-order valence-corrected chi connectivity index (χ3v) is 5.96. The van der Waals surface area contributed by atoms with E-state index in [1.165, 1.54) is 0 Å². The van der Waals surface area contributed by atoms with Crippen LogP contribution in [0.15, 0.2) is 59.5 Å². The molecule has 5 rings (SSSR count). The lowest BCUT2D eigenvalue weighted by atomic mass is 10.1. The zero-order valence-electron chi connectivity index (χ0n) is 17.6. The first kappa shape index (κ1) is 20.5. The molecule has 2 aromatic carbocycles. The van der Waals surface area contributed by atoms with Crippen LogP contribution in [0.4, 0.5) is 0 Å². The summed E-state index contributed by atoms with van der Waals surface area (Å²) in [6.07, 6.45) is 3.75. The van der Waals surface area contributed by atoms with Gasteiger partial charge in [-0.1, -0.05) is 29.8 Å². The molecular weight excluding hydrogens is 426 g/mol. The maximum absolute atomic E-state index is 13.5. The Balaban J connectivity index is 1.48. The van der Waals surface area contributed by atoms with Crippen LogP contribution >= 0.6 is 11.6 Å². The molecular formula is C24H22ClN5O2. The summed E-state index contributed by atoms with van der Waals surface area (Å²) in [4.78, 5) is 35.0. The van der Waals surface area contributed by atoms with E-state index in [1.54, 1.807) is 29.3 Å². The van der Waals surface area contributed by atoms with Crippen molar-refractivity contribution in [2.24, 2.45) is 0 Å². The van der Waals surface area contributed by atoms with Crippen molar-refractivity contribution in [3.8, 4) is 5.69 Å². The van der Waals surface area contributed by atoms with Gasteiger partial charge in [0.05, 0.1) is 40.6 Å². The van der Waals surface area contributed by atoms with Crippen LogP contribution in [0, 0.1) is 0 Å². The highest BCUT2D eigenvalue weighted by Gasteiger charge is 2.34. The van der Waals surface area contributed by atoms with Crippen LogP contribution in [0.25, 0.3) is 16.6 Å². The Labute approximate surface area is 189 Å². The van der Waals surface area contributed by atoms with Gasteiger partial charge >= 0.3 is 0 Å². The smallest absolute Gasteiger partial charge is 0.258 e. The molecule has 0 saturated heterocycles. The molecule has 0 spiro atoms. The molecule has 1 aliphatic carbocycles. The molecule has 0 aliphatic heterocycles. The number of fused-ring (bicyclic) bond motifs is 1. The lowest BCUT2D eigenvalue weighted by Gasteiger charge is -2.21. The lowest BCUT2D eigenvalue weighted by molar-refractivity contribution is 0.0747. The van der Waals surface area contributed by atoms with Gasteiger partial charge in [0.2, 0.25) is 0 Å². The summed E-state index contributed by atoms with van der Waals surface area (Å²) in [5.41, 5.74) is 2.75. The van der Waals surface area contributed by atoms with Gasteiger partial charge in [0.1, 0.15) is 5.82 Å². The van der Waals surface area contributed by atoms with E-state index < -0.39 is 0 Å². The van der Waals surface area contributed by atoms with Crippen LogP contribution in [-0.2, 0) is 6.54 Å². The molecule has 162 valence electrons. The number of nitrogens with one attached hydrogen (secondary N) is 1. The maximum Gasteiger partial charge on any atom is 0.258 e. The van der Waals surface area contributed by atoms with Crippen LogP contribution in [0.2, 0.25) is 5.02 Å². The van der Waals surface area contributed by atoms with Gasteiger partial charge < -0.3 is 9.88 Å². The summed E-state index contributed by atoms with van der Waals surface area (Å²) in [5.74, 6) is 0.630. The van der Waals surface area contributed by atoms with Gasteiger partial charge in [0, 0.05) is 17.5 Å². The first-order valence-corrected chi connectivity index (χ1v) is 11.0. The highest BCUT2D eigenvalue weighted by atomic mass is 35.5. The Morgan fingerprint density at radius 2 is 2.00 bits per heavy atom. The maximum atomic E-state index is 13.5. The molecule has 0 bridgehead atoms. The van der Waals surface area contributed by atoms with Crippen molar-refractivity contribution < 1.29 is 4.79 Å². The number of nitrogens with zero attached hydrogens (tertiary/aromatic N) is 4. The summed E-state index contributed by atoms with van der Waals surface area (Å²) in [5, 5.41) is 5.51. The summed E-state index contributed by atoms with van der Waals surface area (Å²) >= 11 is 6.07. The Bertz CT molecular complexity index is 1360. The number of amides is 1. The SMILES string of the molecule is CCN(Cc1nc2cc(Cl)ccc2c(=O)[nH]1)C(=O)c1cnn(-c2ccccc2)c1C1CC1. The summed E-state index contributed by atoms with van der Waals surface area (Å²) in [7, 11) is 0. The van der Waals surface area contributed by atoms with E-state index in [1.807, 2.05) is 41.9 Å². The number of carbonyl (C=O) groups excluding carboxylic acids is 1. The average Bonchev–Trinajstić information content (AvgIpc) is 3.54. The monoisotopic (exact) mass is 447 g/mol. The van der Waals surface area contributed by atoms with Crippen LogP contribution in [-0.4, -0.2) is 37.1 Å². The number of rotatable bonds is 6. The number of halogens is 1. The van der Waals surface area contributed by atoms with Gasteiger partial charge in [-0.3, -0.25) is 9.59 Å². The zero-order valence-corrected chi connectivity index (χ0v) is 18.3. The number of para-hydroxylation sites is 1. The van der Waals surface area contributed by atoms with Crippen LogP contribution in [0.1, 0.15) is 47.6 Å². The second-order valence-corrected chi connectivity index (χ2v) is 8.39. The highest BCUT2D eigenvalue weighted by molar-refractivity contribution is 6.31. The molecule has 2 aromatic heterocycles. The van der Waals surface area contributed by atoms with Crippen molar-refractivity contribution >= 4 is 28.4 Å². The van der Waals surface area contributed by atoms with Gasteiger partial charge in [0.15, 0.2) is 0 Å². The molecule has 0 unspecified atom stereocenters. The largest absolute Gasteiger partial charge is 0.331 e. The van der Waals surface area contributed by atoms with Crippen molar-refractivity contribution in [1.82, 2.24) is 24.6 Å². The fraction of sp³-hybridized carbons (Fsp3) is 0.250. The van der Waals surface area contributed by atoms with E-state index in [0.29, 0.717) is 39.8 Å². The van der Waals surface area contributed by atoms with Gasteiger partial charge in [-0.05, 0) is 50.1 Å². The zero-order chi connectivity index (χ0) is 22.2. The van der Waals surface area contributed by atoms with Crippen LogP contribution in [0.5, 0.6) is 0 Å². The Hall–Kier alpha value is -3.45. The van der Waals surface area contributed by atoms with Crippen LogP contribution < -0.4 is 5.56 Å². The number of benzene rings is 2. The van der Waals surface area contributed by atoms with Crippen molar-refractivity contribution in [3.05, 3.63) is 87.2 Å². The van der Waals surface area contributed by atoms with Gasteiger partial charge in [-0.25, -0.2) is 9.67 Å². The predicted octanol–water partition coefficient (Wildman–Crippen LogP) is 4.30. The second kappa shape index (κ2) is 8.24. The molecule has 1 N–H and O–H groups in total. The number of carbonyl (C=O) groups is 1. The topological polar surface area (TPSA) is 83.9 Å². The number of aromatic amines is 1. The molecule has 0 radical (unpaired) electrons. The molecule has 1 fully saturated rings. The van der Waals surface area contributed by atoms with Crippen molar-refractivity contribution in [2.45, 2.75) is 32.2 Å². The molecule has 1 amide bonds. The van der Waals surface area contributed by atoms with Gasteiger partial charge in [-0.15, -0.1) is 0 Å². The third-order valence-electron chi connectivity index (χ3n) is 5.73. The number of aromatic nitrogens is 4. The van der Waals surface area contributed by atoms with E-state index in [-0.39, 0.29) is 18.0 Å². The molecule has 7 nitrogen and oxygen atoms in total. The molecule has 32 heavy (non-hydrogen) atoms. The normalized spacial score (nSPS) is 13.4. The van der Waals surface area contributed by atoms with E-state index in [9.17, 15) is 9.59 Å². The predicted molar refractivity (Wildman–Crippen MR) is 123 cm³/mol. The van der Waals surface area contributed by atoms with Crippen molar-refractivity contribution in [3.63, 3.8) is 0 Å². The molecule has 8 heteroatoms. The van der Waals surface area contributed by atoms with Crippen molar-refractivity contribution in [1.29, 1.82) is 0 Å². The van der Waals surface area contributed by atoms with Crippen molar-refractivity contribution in [2.75, 3.05) is 6.54 Å². The average molecular weight is 448 g/mol. The minimum atomic E-state index is -0.249. The lowest BCUT2D eigenvalue weighted by Crippen LogP contribution is -2.32. The molecule has 1 saturated carbocycles. The van der Waals surface area contributed by atoms with E-state index >= 15 is 0 Å². The van der Waals surface area contributed by atoms with E-state index in [4.69, 9.17) is 11.6 Å². The molecule has 1 aliphatic rings. The Kier molecular flexibility index (Phi) is 5.27.